The second-order valence-electron chi connectivity index (χ2n) is 7.38. The van der Waals surface area contributed by atoms with Crippen LogP contribution in [0.15, 0.2) is 73.2 Å². The minimum atomic E-state index is -0.332. The summed E-state index contributed by atoms with van der Waals surface area (Å²) in [7, 11) is 0. The molecule has 0 aliphatic rings. The first-order valence-electron chi connectivity index (χ1n) is 10.5. The predicted octanol–water partition coefficient (Wildman–Crippen LogP) is 3.34. The molecule has 0 bridgehead atoms. The van der Waals surface area contributed by atoms with E-state index in [0.717, 1.165) is 11.3 Å². The van der Waals surface area contributed by atoms with Crippen molar-refractivity contribution in [3.05, 3.63) is 95.8 Å². The third-order valence-corrected chi connectivity index (χ3v) is 5.05. The lowest BCUT2D eigenvalue weighted by molar-refractivity contribution is -0.116. The summed E-state index contributed by atoms with van der Waals surface area (Å²) in [5.74, 6) is -0.782. The van der Waals surface area contributed by atoms with Gasteiger partial charge in [0.05, 0.1) is 23.1 Å². The molecule has 33 heavy (non-hydrogen) atoms. The summed E-state index contributed by atoms with van der Waals surface area (Å²) in [5.41, 5.74) is 3.36. The van der Waals surface area contributed by atoms with Crippen LogP contribution in [0.2, 0.25) is 0 Å². The van der Waals surface area contributed by atoms with Gasteiger partial charge in [-0.3, -0.25) is 14.3 Å². The highest BCUT2D eigenvalue weighted by Crippen LogP contribution is 2.17. The molecule has 0 aliphatic heterocycles. The standard InChI is InChI=1S/C24H23FN6O2/c1-2-22-21(15-28-31(22)20-9-7-18(25)8-10-20)24(33)26-14-17-5-3-6-19(13-17)29-23(32)16-30-12-4-11-27-30/h3-13,15H,2,14,16H2,1H3,(H,26,33)(H,29,32). The molecule has 0 saturated carbocycles. The molecule has 0 radical (unpaired) electrons. The molecule has 2 heterocycles. The summed E-state index contributed by atoms with van der Waals surface area (Å²) < 4.78 is 16.4. The Morgan fingerprint density at radius 1 is 1.06 bits per heavy atom. The zero-order valence-corrected chi connectivity index (χ0v) is 18.0. The zero-order chi connectivity index (χ0) is 23.2. The second-order valence-corrected chi connectivity index (χ2v) is 7.38. The van der Waals surface area contributed by atoms with Crippen LogP contribution in [0.25, 0.3) is 5.69 Å². The van der Waals surface area contributed by atoms with E-state index < -0.39 is 0 Å². The molecule has 0 saturated heterocycles. The van der Waals surface area contributed by atoms with Gasteiger partial charge in [-0.2, -0.15) is 10.2 Å². The van der Waals surface area contributed by atoms with Crippen molar-refractivity contribution < 1.29 is 14.0 Å². The fourth-order valence-electron chi connectivity index (χ4n) is 3.49. The molecule has 2 amide bonds. The van der Waals surface area contributed by atoms with Gasteiger partial charge in [0.1, 0.15) is 12.4 Å². The molecule has 0 unspecified atom stereocenters. The fraction of sp³-hybridized carbons (Fsp3) is 0.167. The van der Waals surface area contributed by atoms with Gasteiger partial charge in [0, 0.05) is 24.6 Å². The monoisotopic (exact) mass is 446 g/mol. The minimum absolute atomic E-state index is 0.117. The number of aromatic nitrogens is 4. The first-order chi connectivity index (χ1) is 16.0. The summed E-state index contributed by atoms with van der Waals surface area (Å²) in [6, 6.07) is 15.0. The highest BCUT2D eigenvalue weighted by molar-refractivity contribution is 5.95. The van der Waals surface area contributed by atoms with Crippen LogP contribution in [0, 0.1) is 5.82 Å². The van der Waals surface area contributed by atoms with Gasteiger partial charge in [-0.1, -0.05) is 19.1 Å². The number of rotatable bonds is 8. The van der Waals surface area contributed by atoms with Gasteiger partial charge in [-0.25, -0.2) is 9.07 Å². The summed E-state index contributed by atoms with van der Waals surface area (Å²) >= 11 is 0. The Labute approximate surface area is 190 Å². The highest BCUT2D eigenvalue weighted by Gasteiger charge is 2.17. The lowest BCUT2D eigenvalue weighted by Gasteiger charge is -2.10. The molecule has 9 heteroatoms. The van der Waals surface area contributed by atoms with Crippen LogP contribution in [0.5, 0.6) is 0 Å². The number of amides is 2. The highest BCUT2D eigenvalue weighted by atomic mass is 19.1. The molecular formula is C24H23FN6O2. The molecular weight excluding hydrogens is 423 g/mol. The Kier molecular flexibility index (Phi) is 6.58. The topological polar surface area (TPSA) is 93.8 Å². The average molecular weight is 446 g/mol. The molecule has 8 nitrogen and oxygen atoms in total. The van der Waals surface area contributed by atoms with Gasteiger partial charge in [-0.05, 0) is 54.4 Å². The molecule has 4 aromatic rings. The Balaban J connectivity index is 1.40. The van der Waals surface area contributed by atoms with E-state index in [0.29, 0.717) is 23.4 Å². The Morgan fingerprint density at radius 2 is 1.88 bits per heavy atom. The largest absolute Gasteiger partial charge is 0.348 e. The quantitative estimate of drug-likeness (QED) is 0.434. The zero-order valence-electron chi connectivity index (χ0n) is 18.0. The van der Waals surface area contributed by atoms with Crippen molar-refractivity contribution in [1.29, 1.82) is 0 Å². The molecule has 2 N–H and O–H groups in total. The summed E-state index contributed by atoms with van der Waals surface area (Å²) in [4.78, 5) is 25.0. The number of anilines is 1. The van der Waals surface area contributed by atoms with Crippen LogP contribution in [-0.4, -0.2) is 31.4 Å². The number of carbonyl (C=O) groups is 2. The van der Waals surface area contributed by atoms with Gasteiger partial charge < -0.3 is 10.6 Å². The Bertz CT molecular complexity index is 1250. The summed E-state index contributed by atoms with van der Waals surface area (Å²) in [6.45, 7) is 2.33. The molecule has 0 spiro atoms. The number of carbonyl (C=O) groups excluding carboxylic acids is 2. The molecule has 2 aromatic carbocycles. The van der Waals surface area contributed by atoms with Crippen molar-refractivity contribution in [3.8, 4) is 5.69 Å². The van der Waals surface area contributed by atoms with Crippen molar-refractivity contribution >= 4 is 17.5 Å². The summed E-state index contributed by atoms with van der Waals surface area (Å²) in [6.07, 6.45) is 5.43. The van der Waals surface area contributed by atoms with Gasteiger partial charge in [0.25, 0.3) is 5.91 Å². The molecule has 0 aliphatic carbocycles. The first kappa shape index (κ1) is 21.9. The van der Waals surface area contributed by atoms with Gasteiger partial charge in [0.2, 0.25) is 5.91 Å². The number of hydrogen-bond acceptors (Lipinski definition) is 4. The second kappa shape index (κ2) is 9.90. The van der Waals surface area contributed by atoms with E-state index in [9.17, 15) is 14.0 Å². The van der Waals surface area contributed by atoms with E-state index in [1.54, 1.807) is 41.3 Å². The summed E-state index contributed by atoms with van der Waals surface area (Å²) in [5, 5.41) is 14.1. The van der Waals surface area contributed by atoms with E-state index in [-0.39, 0.29) is 30.7 Å². The molecule has 2 aromatic heterocycles. The van der Waals surface area contributed by atoms with E-state index in [2.05, 4.69) is 20.8 Å². The van der Waals surface area contributed by atoms with Gasteiger partial charge in [0.15, 0.2) is 0 Å². The molecule has 0 atom stereocenters. The first-order valence-corrected chi connectivity index (χ1v) is 10.5. The Morgan fingerprint density at radius 3 is 2.61 bits per heavy atom. The fourth-order valence-corrected chi connectivity index (χ4v) is 3.49. The number of nitrogens with zero attached hydrogens (tertiary/aromatic N) is 4. The number of benzene rings is 2. The maximum atomic E-state index is 13.2. The van der Waals surface area contributed by atoms with Gasteiger partial charge >= 0.3 is 0 Å². The maximum absolute atomic E-state index is 13.2. The van der Waals surface area contributed by atoms with Crippen molar-refractivity contribution in [2.24, 2.45) is 0 Å². The van der Waals surface area contributed by atoms with Crippen molar-refractivity contribution in [1.82, 2.24) is 24.9 Å². The van der Waals surface area contributed by atoms with E-state index in [1.165, 1.54) is 23.0 Å². The molecule has 0 fully saturated rings. The van der Waals surface area contributed by atoms with Crippen LogP contribution in [0.3, 0.4) is 0 Å². The van der Waals surface area contributed by atoms with E-state index >= 15 is 0 Å². The molecule has 4 rings (SSSR count). The van der Waals surface area contributed by atoms with Crippen molar-refractivity contribution in [3.63, 3.8) is 0 Å². The van der Waals surface area contributed by atoms with Crippen LogP contribution < -0.4 is 10.6 Å². The van der Waals surface area contributed by atoms with Crippen LogP contribution in [0.4, 0.5) is 10.1 Å². The number of hydrogen-bond donors (Lipinski definition) is 2. The van der Waals surface area contributed by atoms with Crippen molar-refractivity contribution in [2.45, 2.75) is 26.4 Å². The van der Waals surface area contributed by atoms with Crippen molar-refractivity contribution in [2.75, 3.05) is 5.32 Å². The normalized spacial score (nSPS) is 10.7. The predicted molar refractivity (Wildman–Crippen MR) is 121 cm³/mol. The smallest absolute Gasteiger partial charge is 0.255 e. The van der Waals surface area contributed by atoms with E-state index in [1.807, 2.05) is 25.1 Å². The van der Waals surface area contributed by atoms with Gasteiger partial charge in [-0.15, -0.1) is 0 Å². The molecule has 168 valence electrons. The van der Waals surface area contributed by atoms with Crippen LogP contribution in [0.1, 0.15) is 28.5 Å². The lowest BCUT2D eigenvalue weighted by atomic mass is 10.1. The number of halogens is 1. The Hall–Kier alpha value is -4.27. The number of nitrogens with one attached hydrogen (secondary N) is 2. The maximum Gasteiger partial charge on any atom is 0.255 e. The van der Waals surface area contributed by atoms with E-state index in [4.69, 9.17) is 0 Å². The third-order valence-electron chi connectivity index (χ3n) is 5.05. The van der Waals surface area contributed by atoms with Crippen LogP contribution >= 0.6 is 0 Å². The minimum Gasteiger partial charge on any atom is -0.348 e. The average Bonchev–Trinajstić information content (AvgIpc) is 3.48. The lowest BCUT2D eigenvalue weighted by Crippen LogP contribution is -2.24. The van der Waals surface area contributed by atoms with Crippen LogP contribution in [-0.2, 0) is 24.3 Å². The third kappa shape index (κ3) is 5.32. The SMILES string of the molecule is CCc1c(C(=O)NCc2cccc(NC(=O)Cn3cccn3)c2)cnn1-c1ccc(F)cc1.